The first-order valence-electron chi connectivity index (χ1n) is 9.57. The van der Waals surface area contributed by atoms with E-state index in [0.29, 0.717) is 30.8 Å². The lowest BCUT2D eigenvalue weighted by Crippen LogP contribution is -2.36. The topological polar surface area (TPSA) is 66.5 Å². The zero-order valence-corrected chi connectivity index (χ0v) is 17.5. The first-order chi connectivity index (χ1) is 13.5. The Kier molecular flexibility index (Phi) is 7.53. The smallest absolute Gasteiger partial charge is 0.251 e. The second kappa shape index (κ2) is 10.1. The van der Waals surface area contributed by atoms with Gasteiger partial charge in [-0.3, -0.25) is 4.79 Å². The molecule has 1 aliphatic heterocycles. The predicted octanol–water partition coefficient (Wildman–Crippen LogP) is 3.52. The minimum Gasteiger partial charge on any atom is -0.351 e. The van der Waals surface area contributed by atoms with Gasteiger partial charge in [0.05, 0.1) is 5.75 Å². The SMILES string of the molecule is O=C(NCCSc1ccccc1)c1ccc(CS(=O)(=O)N2CCCCC2)cc1. The molecule has 2 aromatic rings. The lowest BCUT2D eigenvalue weighted by molar-refractivity contribution is 0.0956. The molecular formula is C21H26N2O3S2. The van der Waals surface area contributed by atoms with Crippen LogP contribution in [-0.2, 0) is 15.8 Å². The number of piperidine rings is 1. The number of hydrogen-bond donors (Lipinski definition) is 1. The molecule has 1 aliphatic rings. The summed E-state index contributed by atoms with van der Waals surface area (Å²) in [6, 6.07) is 16.9. The molecule has 1 amide bonds. The third kappa shape index (κ3) is 6.09. The molecule has 0 aliphatic carbocycles. The first kappa shape index (κ1) is 20.9. The van der Waals surface area contributed by atoms with Gasteiger partial charge in [0.25, 0.3) is 5.91 Å². The molecule has 3 rings (SSSR count). The van der Waals surface area contributed by atoms with E-state index in [9.17, 15) is 13.2 Å². The van der Waals surface area contributed by atoms with Crippen LogP contribution in [0.4, 0.5) is 0 Å². The molecule has 0 aromatic heterocycles. The minimum atomic E-state index is -3.28. The highest BCUT2D eigenvalue weighted by atomic mass is 32.2. The van der Waals surface area contributed by atoms with Crippen LogP contribution in [0.5, 0.6) is 0 Å². The van der Waals surface area contributed by atoms with Crippen LogP contribution in [0.1, 0.15) is 35.2 Å². The minimum absolute atomic E-state index is 0.0113. The summed E-state index contributed by atoms with van der Waals surface area (Å²) in [7, 11) is -3.28. The monoisotopic (exact) mass is 418 g/mol. The van der Waals surface area contributed by atoms with E-state index in [1.807, 2.05) is 30.3 Å². The Balaban J connectivity index is 1.47. The maximum Gasteiger partial charge on any atom is 0.251 e. The number of nitrogens with zero attached hydrogens (tertiary/aromatic N) is 1. The summed E-state index contributed by atoms with van der Waals surface area (Å²) >= 11 is 1.69. The van der Waals surface area contributed by atoms with Crippen molar-refractivity contribution in [3.05, 3.63) is 65.7 Å². The summed E-state index contributed by atoms with van der Waals surface area (Å²) in [5.41, 5.74) is 1.26. The van der Waals surface area contributed by atoms with E-state index in [4.69, 9.17) is 0 Å². The van der Waals surface area contributed by atoms with Crippen molar-refractivity contribution in [2.75, 3.05) is 25.4 Å². The molecule has 0 radical (unpaired) electrons. The van der Waals surface area contributed by atoms with E-state index < -0.39 is 10.0 Å². The highest BCUT2D eigenvalue weighted by Gasteiger charge is 2.24. The average molecular weight is 419 g/mol. The number of carbonyl (C=O) groups excluding carboxylic acids is 1. The van der Waals surface area contributed by atoms with Gasteiger partial charge in [0, 0.05) is 35.8 Å². The second-order valence-electron chi connectivity index (χ2n) is 6.83. The Morgan fingerprint density at radius 2 is 1.64 bits per heavy atom. The quantitative estimate of drug-likeness (QED) is 0.526. The molecule has 7 heteroatoms. The van der Waals surface area contributed by atoms with Crippen LogP contribution in [0.3, 0.4) is 0 Å². The number of sulfonamides is 1. The van der Waals surface area contributed by atoms with Gasteiger partial charge in [-0.1, -0.05) is 36.8 Å². The molecule has 0 atom stereocenters. The van der Waals surface area contributed by atoms with Crippen LogP contribution in [0, 0.1) is 0 Å². The normalized spacial score (nSPS) is 15.3. The summed E-state index contributed by atoms with van der Waals surface area (Å²) in [6.45, 7) is 1.80. The zero-order valence-electron chi connectivity index (χ0n) is 15.8. The highest BCUT2D eigenvalue weighted by Crippen LogP contribution is 2.18. The van der Waals surface area contributed by atoms with Crippen molar-refractivity contribution in [2.45, 2.75) is 29.9 Å². The summed E-state index contributed by atoms with van der Waals surface area (Å²) in [6.07, 6.45) is 2.96. The number of nitrogens with one attached hydrogen (secondary N) is 1. The molecule has 1 N–H and O–H groups in total. The molecule has 28 heavy (non-hydrogen) atoms. The van der Waals surface area contributed by atoms with E-state index in [-0.39, 0.29) is 11.7 Å². The van der Waals surface area contributed by atoms with Gasteiger partial charge in [-0.15, -0.1) is 11.8 Å². The van der Waals surface area contributed by atoms with Gasteiger partial charge in [0.2, 0.25) is 10.0 Å². The molecular weight excluding hydrogens is 392 g/mol. The van der Waals surface area contributed by atoms with E-state index in [0.717, 1.165) is 25.0 Å². The fourth-order valence-corrected chi connectivity index (χ4v) is 5.55. The fraction of sp³-hybridized carbons (Fsp3) is 0.381. The molecule has 1 fully saturated rings. The molecule has 2 aromatic carbocycles. The number of carbonyl (C=O) groups is 1. The Labute approximate surface area is 171 Å². The number of rotatable bonds is 8. The predicted molar refractivity (Wildman–Crippen MR) is 114 cm³/mol. The van der Waals surface area contributed by atoms with Gasteiger partial charge < -0.3 is 5.32 Å². The number of thioether (sulfide) groups is 1. The van der Waals surface area contributed by atoms with E-state index in [1.165, 1.54) is 4.90 Å². The van der Waals surface area contributed by atoms with Crippen molar-refractivity contribution in [1.82, 2.24) is 9.62 Å². The molecule has 0 bridgehead atoms. The maximum atomic E-state index is 12.5. The Morgan fingerprint density at radius 3 is 2.32 bits per heavy atom. The Hall–Kier alpha value is -1.83. The number of hydrogen-bond acceptors (Lipinski definition) is 4. The second-order valence-corrected chi connectivity index (χ2v) is 9.97. The average Bonchev–Trinajstić information content (AvgIpc) is 2.73. The van der Waals surface area contributed by atoms with Crippen molar-refractivity contribution in [3.8, 4) is 0 Å². The Morgan fingerprint density at radius 1 is 0.964 bits per heavy atom. The third-order valence-corrected chi connectivity index (χ3v) is 7.54. The molecule has 0 spiro atoms. The van der Waals surface area contributed by atoms with Crippen molar-refractivity contribution >= 4 is 27.7 Å². The lowest BCUT2D eigenvalue weighted by Gasteiger charge is -2.25. The van der Waals surface area contributed by atoms with Crippen molar-refractivity contribution in [2.24, 2.45) is 0 Å². The van der Waals surface area contributed by atoms with E-state index in [2.05, 4.69) is 5.32 Å². The summed E-state index contributed by atoms with van der Waals surface area (Å²) < 4.78 is 26.6. The van der Waals surface area contributed by atoms with Crippen molar-refractivity contribution in [1.29, 1.82) is 0 Å². The summed E-state index contributed by atoms with van der Waals surface area (Å²) in [5, 5.41) is 2.90. The van der Waals surface area contributed by atoms with Crippen LogP contribution in [0.25, 0.3) is 0 Å². The van der Waals surface area contributed by atoms with E-state index in [1.54, 1.807) is 40.3 Å². The van der Waals surface area contributed by atoms with Crippen LogP contribution in [0.15, 0.2) is 59.5 Å². The molecule has 0 saturated carbocycles. The maximum absolute atomic E-state index is 12.5. The van der Waals surface area contributed by atoms with Gasteiger partial charge in [-0.05, 0) is 42.7 Å². The standard InChI is InChI=1S/C21H26N2O3S2/c24-21(22-13-16-27-20-7-3-1-4-8-20)19-11-9-18(10-12-19)17-28(25,26)23-14-5-2-6-15-23/h1,3-4,7-12H,2,5-6,13-17H2,(H,22,24). The van der Waals surface area contributed by atoms with E-state index >= 15 is 0 Å². The Bertz CT molecular complexity index is 862. The third-order valence-electron chi connectivity index (χ3n) is 4.67. The molecule has 1 heterocycles. The van der Waals surface area contributed by atoms with Gasteiger partial charge in [0.1, 0.15) is 0 Å². The van der Waals surface area contributed by atoms with Gasteiger partial charge in [0.15, 0.2) is 0 Å². The van der Waals surface area contributed by atoms with Crippen molar-refractivity contribution in [3.63, 3.8) is 0 Å². The molecule has 1 saturated heterocycles. The number of amides is 1. The van der Waals surface area contributed by atoms with Gasteiger partial charge >= 0.3 is 0 Å². The highest BCUT2D eigenvalue weighted by molar-refractivity contribution is 7.99. The first-order valence-corrected chi connectivity index (χ1v) is 12.2. The van der Waals surface area contributed by atoms with Crippen LogP contribution < -0.4 is 5.32 Å². The summed E-state index contributed by atoms with van der Waals surface area (Å²) in [5.74, 6) is 0.643. The molecule has 5 nitrogen and oxygen atoms in total. The largest absolute Gasteiger partial charge is 0.351 e. The van der Waals surface area contributed by atoms with Crippen LogP contribution in [-0.4, -0.2) is 44.0 Å². The van der Waals surface area contributed by atoms with Gasteiger partial charge in [-0.2, -0.15) is 0 Å². The molecule has 150 valence electrons. The zero-order chi connectivity index (χ0) is 19.8. The van der Waals surface area contributed by atoms with Crippen molar-refractivity contribution < 1.29 is 13.2 Å². The fourth-order valence-electron chi connectivity index (χ4n) is 3.15. The molecule has 0 unspecified atom stereocenters. The van der Waals surface area contributed by atoms with Crippen LogP contribution >= 0.6 is 11.8 Å². The van der Waals surface area contributed by atoms with Gasteiger partial charge in [-0.25, -0.2) is 12.7 Å². The number of benzene rings is 2. The summed E-state index contributed by atoms with van der Waals surface area (Å²) in [4.78, 5) is 13.4. The van der Waals surface area contributed by atoms with Crippen LogP contribution in [0.2, 0.25) is 0 Å². The lowest BCUT2D eigenvalue weighted by atomic mass is 10.1.